The van der Waals surface area contributed by atoms with Crippen LogP contribution in [0.2, 0.25) is 0 Å². The molecule has 2 saturated heterocycles. The van der Waals surface area contributed by atoms with E-state index in [0.29, 0.717) is 19.6 Å². The first kappa shape index (κ1) is 14.8. The van der Waals surface area contributed by atoms with Crippen LogP contribution >= 0.6 is 0 Å². The van der Waals surface area contributed by atoms with Crippen molar-refractivity contribution in [3.63, 3.8) is 0 Å². The zero-order chi connectivity index (χ0) is 15.6. The molecule has 0 radical (unpaired) electrons. The van der Waals surface area contributed by atoms with Crippen molar-refractivity contribution in [2.45, 2.75) is 19.3 Å². The molecule has 124 valence electrons. The molecule has 3 aliphatic rings. The van der Waals surface area contributed by atoms with Gasteiger partial charge < -0.3 is 19.7 Å². The van der Waals surface area contributed by atoms with E-state index in [9.17, 15) is 4.79 Å². The molecule has 2 fully saturated rings. The Labute approximate surface area is 136 Å². The van der Waals surface area contributed by atoms with E-state index >= 15 is 0 Å². The maximum absolute atomic E-state index is 12.6. The van der Waals surface area contributed by atoms with Crippen LogP contribution in [0.4, 0.5) is 0 Å². The summed E-state index contributed by atoms with van der Waals surface area (Å²) in [4.78, 5) is 14.7. The number of likely N-dealkylation sites (tertiary alicyclic amines) is 1. The predicted molar refractivity (Wildman–Crippen MR) is 86.8 cm³/mol. The standard InChI is InChI=1S/C18H24N2O3/c21-18(20-5-3-14-11-19-12-15(14)4-6-20)10-13-1-2-16-17(9-13)23-8-7-22-16/h1-2,9,14-15,19H,3-8,10-12H2/t14-,15+. The number of amides is 1. The minimum atomic E-state index is 0.231. The number of hydrogen-bond acceptors (Lipinski definition) is 4. The number of ether oxygens (including phenoxy) is 2. The minimum Gasteiger partial charge on any atom is -0.486 e. The lowest BCUT2D eigenvalue weighted by Gasteiger charge is -2.22. The normalized spacial score (nSPS) is 26.5. The van der Waals surface area contributed by atoms with E-state index in [1.807, 2.05) is 18.2 Å². The summed E-state index contributed by atoms with van der Waals surface area (Å²) in [5.41, 5.74) is 1.00. The fourth-order valence-electron chi connectivity index (χ4n) is 3.95. The molecule has 0 spiro atoms. The molecule has 0 unspecified atom stereocenters. The molecule has 0 aliphatic carbocycles. The van der Waals surface area contributed by atoms with Crippen molar-refractivity contribution in [2.75, 3.05) is 39.4 Å². The van der Waals surface area contributed by atoms with E-state index in [1.165, 1.54) is 0 Å². The van der Waals surface area contributed by atoms with Crippen molar-refractivity contribution in [3.05, 3.63) is 23.8 Å². The number of carbonyl (C=O) groups is 1. The van der Waals surface area contributed by atoms with Gasteiger partial charge in [-0.25, -0.2) is 0 Å². The van der Waals surface area contributed by atoms with Gasteiger partial charge in [0.2, 0.25) is 5.91 Å². The van der Waals surface area contributed by atoms with Gasteiger partial charge in [0.15, 0.2) is 11.5 Å². The second-order valence-electron chi connectivity index (χ2n) is 6.79. The maximum atomic E-state index is 12.6. The molecule has 1 amide bonds. The number of hydrogen-bond donors (Lipinski definition) is 1. The van der Waals surface area contributed by atoms with E-state index < -0.39 is 0 Å². The molecule has 2 atom stereocenters. The second kappa shape index (κ2) is 6.40. The molecule has 1 N–H and O–H groups in total. The lowest BCUT2D eigenvalue weighted by molar-refractivity contribution is -0.130. The number of fused-ring (bicyclic) bond motifs is 2. The first-order valence-corrected chi connectivity index (χ1v) is 8.66. The van der Waals surface area contributed by atoms with Crippen LogP contribution < -0.4 is 14.8 Å². The van der Waals surface area contributed by atoms with Crippen LogP contribution in [0.15, 0.2) is 18.2 Å². The van der Waals surface area contributed by atoms with Crippen molar-refractivity contribution in [2.24, 2.45) is 11.8 Å². The van der Waals surface area contributed by atoms with Crippen LogP contribution in [-0.2, 0) is 11.2 Å². The van der Waals surface area contributed by atoms with E-state index in [-0.39, 0.29) is 5.91 Å². The highest BCUT2D eigenvalue weighted by Gasteiger charge is 2.31. The van der Waals surface area contributed by atoms with Gasteiger partial charge in [-0.1, -0.05) is 6.07 Å². The molecule has 1 aromatic carbocycles. The fourth-order valence-corrected chi connectivity index (χ4v) is 3.95. The van der Waals surface area contributed by atoms with Gasteiger partial charge in [0, 0.05) is 13.1 Å². The van der Waals surface area contributed by atoms with E-state index in [1.54, 1.807) is 0 Å². The van der Waals surface area contributed by atoms with Crippen molar-refractivity contribution in [3.8, 4) is 11.5 Å². The van der Waals surface area contributed by atoms with Crippen molar-refractivity contribution >= 4 is 5.91 Å². The first-order chi connectivity index (χ1) is 11.3. The van der Waals surface area contributed by atoms with Gasteiger partial charge >= 0.3 is 0 Å². The average Bonchev–Trinajstić information content (AvgIpc) is 2.93. The summed E-state index contributed by atoms with van der Waals surface area (Å²) in [7, 11) is 0. The third kappa shape index (κ3) is 3.15. The van der Waals surface area contributed by atoms with Gasteiger partial charge in [-0.2, -0.15) is 0 Å². The summed E-state index contributed by atoms with van der Waals surface area (Å²) in [5.74, 6) is 3.28. The Morgan fingerprint density at radius 3 is 2.52 bits per heavy atom. The minimum absolute atomic E-state index is 0.231. The van der Waals surface area contributed by atoms with Crippen LogP contribution in [0.1, 0.15) is 18.4 Å². The van der Waals surface area contributed by atoms with Gasteiger partial charge in [0.25, 0.3) is 0 Å². The molecule has 0 bridgehead atoms. The van der Waals surface area contributed by atoms with Gasteiger partial charge in [-0.3, -0.25) is 4.79 Å². The van der Waals surface area contributed by atoms with Crippen molar-refractivity contribution < 1.29 is 14.3 Å². The Balaban J connectivity index is 1.39. The van der Waals surface area contributed by atoms with Gasteiger partial charge in [-0.15, -0.1) is 0 Å². The highest BCUT2D eigenvalue weighted by atomic mass is 16.6. The lowest BCUT2D eigenvalue weighted by atomic mass is 9.92. The molecule has 23 heavy (non-hydrogen) atoms. The Kier molecular flexibility index (Phi) is 4.12. The van der Waals surface area contributed by atoms with Crippen LogP contribution in [0.3, 0.4) is 0 Å². The SMILES string of the molecule is O=C(Cc1ccc2c(c1)OCCO2)N1CC[C@@H]2CNC[C@@H]2CC1. The Morgan fingerprint density at radius 2 is 1.78 bits per heavy atom. The molecule has 3 heterocycles. The molecule has 0 saturated carbocycles. The molecule has 3 aliphatic heterocycles. The van der Waals surface area contributed by atoms with Crippen LogP contribution in [0.5, 0.6) is 11.5 Å². The summed E-state index contributed by atoms with van der Waals surface area (Å²) in [6, 6.07) is 5.83. The number of carbonyl (C=O) groups excluding carboxylic acids is 1. The number of nitrogens with zero attached hydrogens (tertiary/aromatic N) is 1. The van der Waals surface area contributed by atoms with E-state index in [2.05, 4.69) is 10.2 Å². The fraction of sp³-hybridized carbons (Fsp3) is 0.611. The number of rotatable bonds is 2. The van der Waals surface area contributed by atoms with Crippen LogP contribution in [-0.4, -0.2) is 50.2 Å². The molecule has 5 heteroatoms. The summed E-state index contributed by atoms with van der Waals surface area (Å²) in [6.45, 7) is 5.20. The predicted octanol–water partition coefficient (Wildman–Crippen LogP) is 1.46. The molecular formula is C18H24N2O3. The lowest BCUT2D eigenvalue weighted by Crippen LogP contribution is -2.34. The Morgan fingerprint density at radius 1 is 1.09 bits per heavy atom. The van der Waals surface area contributed by atoms with Crippen LogP contribution in [0, 0.1) is 11.8 Å². The quantitative estimate of drug-likeness (QED) is 0.897. The zero-order valence-electron chi connectivity index (χ0n) is 13.4. The third-order valence-electron chi connectivity index (χ3n) is 5.33. The van der Waals surface area contributed by atoms with Gasteiger partial charge in [0.1, 0.15) is 13.2 Å². The Hall–Kier alpha value is -1.75. The first-order valence-electron chi connectivity index (χ1n) is 8.66. The summed E-state index contributed by atoms with van der Waals surface area (Å²) < 4.78 is 11.1. The van der Waals surface area contributed by atoms with Gasteiger partial charge in [0.05, 0.1) is 6.42 Å². The summed E-state index contributed by atoms with van der Waals surface area (Å²) in [6.07, 6.45) is 2.71. The largest absolute Gasteiger partial charge is 0.486 e. The highest BCUT2D eigenvalue weighted by Crippen LogP contribution is 2.31. The zero-order valence-corrected chi connectivity index (χ0v) is 13.4. The van der Waals surface area contributed by atoms with E-state index in [4.69, 9.17) is 9.47 Å². The highest BCUT2D eigenvalue weighted by molar-refractivity contribution is 5.79. The molecular weight excluding hydrogens is 292 g/mol. The molecule has 0 aromatic heterocycles. The summed E-state index contributed by atoms with van der Waals surface area (Å²) in [5, 5.41) is 3.48. The van der Waals surface area contributed by atoms with Gasteiger partial charge in [-0.05, 0) is 55.5 Å². The smallest absolute Gasteiger partial charge is 0.226 e. The molecule has 5 nitrogen and oxygen atoms in total. The monoisotopic (exact) mass is 316 g/mol. The molecule has 4 rings (SSSR count). The summed E-state index contributed by atoms with van der Waals surface area (Å²) >= 11 is 0. The van der Waals surface area contributed by atoms with Crippen molar-refractivity contribution in [1.29, 1.82) is 0 Å². The second-order valence-corrected chi connectivity index (χ2v) is 6.79. The van der Waals surface area contributed by atoms with Crippen molar-refractivity contribution in [1.82, 2.24) is 10.2 Å². The van der Waals surface area contributed by atoms with Crippen LogP contribution in [0.25, 0.3) is 0 Å². The third-order valence-corrected chi connectivity index (χ3v) is 5.33. The number of nitrogens with one attached hydrogen (secondary N) is 1. The topological polar surface area (TPSA) is 50.8 Å². The number of benzene rings is 1. The Bertz CT molecular complexity index is 576. The average molecular weight is 316 g/mol. The maximum Gasteiger partial charge on any atom is 0.226 e. The molecule has 1 aromatic rings. The van der Waals surface area contributed by atoms with E-state index in [0.717, 1.165) is 67.9 Å².